The summed E-state index contributed by atoms with van der Waals surface area (Å²) >= 11 is 0. The van der Waals surface area contributed by atoms with Gasteiger partial charge in [-0.3, -0.25) is 0 Å². The Kier molecular flexibility index (Phi) is 6.31. The lowest BCUT2D eigenvalue weighted by atomic mass is 9.76. The number of ether oxygens (including phenoxy) is 1. The molecule has 1 amide bonds. The van der Waals surface area contributed by atoms with E-state index in [9.17, 15) is 4.79 Å². The second kappa shape index (κ2) is 8.88. The molecule has 8 heteroatoms. The number of benzene rings is 2. The van der Waals surface area contributed by atoms with Crippen LogP contribution >= 0.6 is 0 Å². The average molecular weight is 383 g/mol. The Hall–Kier alpha value is -2.87. The van der Waals surface area contributed by atoms with E-state index in [0.717, 1.165) is 48.6 Å². The van der Waals surface area contributed by atoms with Crippen LogP contribution in [0.25, 0.3) is 0 Å². The molecule has 3 rings (SSSR count). The minimum absolute atomic E-state index is 0.573. The van der Waals surface area contributed by atoms with Crippen LogP contribution in [0.4, 0.5) is 10.5 Å². The summed E-state index contributed by atoms with van der Waals surface area (Å²) in [6.45, 7) is 5.68. The number of hydrogen-bond acceptors (Lipinski definition) is 6. The number of likely N-dealkylation sites (N-methyl/N-ethyl adjacent to an activating group) is 1. The van der Waals surface area contributed by atoms with Crippen molar-refractivity contribution in [3.63, 3.8) is 0 Å². The average Bonchev–Trinajstić information content (AvgIpc) is 2.68. The van der Waals surface area contributed by atoms with Gasteiger partial charge >= 0.3 is 13.2 Å². The van der Waals surface area contributed by atoms with Crippen molar-refractivity contribution in [2.24, 2.45) is 5.73 Å². The molecule has 1 heterocycles. The summed E-state index contributed by atoms with van der Waals surface area (Å²) in [6, 6.07) is 13.1. The summed E-state index contributed by atoms with van der Waals surface area (Å²) in [6.07, 6.45) is -0.888. The van der Waals surface area contributed by atoms with Crippen LogP contribution in [0.2, 0.25) is 0 Å². The van der Waals surface area contributed by atoms with Crippen LogP contribution in [0.15, 0.2) is 42.5 Å². The van der Waals surface area contributed by atoms with Crippen LogP contribution in [-0.2, 0) is 4.65 Å². The fourth-order valence-electron chi connectivity index (χ4n) is 3.27. The van der Waals surface area contributed by atoms with Gasteiger partial charge in [0.2, 0.25) is 0 Å². The summed E-state index contributed by atoms with van der Waals surface area (Å²) in [5, 5.41) is 0. The van der Waals surface area contributed by atoms with Gasteiger partial charge in [0.25, 0.3) is 0 Å². The molecule has 0 spiro atoms. The Labute approximate surface area is 166 Å². The third-order valence-electron chi connectivity index (χ3n) is 4.90. The van der Waals surface area contributed by atoms with Crippen LogP contribution in [0.1, 0.15) is 5.56 Å². The number of nitrogens with zero attached hydrogens (tertiary/aromatic N) is 2. The first-order valence-electron chi connectivity index (χ1n) is 9.27. The van der Waals surface area contributed by atoms with Gasteiger partial charge in [-0.2, -0.15) is 0 Å². The van der Waals surface area contributed by atoms with E-state index in [4.69, 9.17) is 19.8 Å². The Morgan fingerprint density at radius 1 is 1.11 bits per heavy atom. The maximum atomic E-state index is 11.4. The van der Waals surface area contributed by atoms with Gasteiger partial charge in [-0.05, 0) is 31.7 Å². The number of aryl methyl sites for hydroxylation is 1. The Bertz CT molecular complexity index is 825. The number of hydrogen-bond donors (Lipinski definition) is 1. The molecule has 28 heavy (non-hydrogen) atoms. The molecule has 0 aromatic heterocycles. The van der Waals surface area contributed by atoms with E-state index < -0.39 is 13.2 Å². The number of rotatable bonds is 6. The van der Waals surface area contributed by atoms with Crippen molar-refractivity contribution in [1.82, 2.24) is 4.90 Å². The minimum Gasteiger partial charge on any atom is -0.522 e. The minimum atomic E-state index is -0.924. The van der Waals surface area contributed by atoms with E-state index in [-0.39, 0.29) is 0 Å². The quantitative estimate of drug-likeness (QED) is 0.765. The highest BCUT2D eigenvalue weighted by molar-refractivity contribution is 6.64. The van der Waals surface area contributed by atoms with Crippen molar-refractivity contribution in [3.05, 3.63) is 48.0 Å². The van der Waals surface area contributed by atoms with E-state index in [1.54, 1.807) is 13.2 Å². The molecule has 0 radical (unpaired) electrons. The van der Waals surface area contributed by atoms with Crippen molar-refractivity contribution in [2.75, 3.05) is 45.2 Å². The van der Waals surface area contributed by atoms with Crippen molar-refractivity contribution in [2.45, 2.75) is 6.92 Å². The molecule has 0 aliphatic carbocycles. The largest absolute Gasteiger partial charge is 0.636 e. The summed E-state index contributed by atoms with van der Waals surface area (Å²) in [5.74, 6) is 1.35. The third-order valence-corrected chi connectivity index (χ3v) is 4.90. The maximum absolute atomic E-state index is 11.4. The fourth-order valence-corrected chi connectivity index (χ4v) is 3.27. The molecule has 1 fully saturated rings. The second-order valence-corrected chi connectivity index (χ2v) is 6.87. The first kappa shape index (κ1) is 19.9. The number of anilines is 1. The summed E-state index contributed by atoms with van der Waals surface area (Å²) < 4.78 is 16.8. The summed E-state index contributed by atoms with van der Waals surface area (Å²) in [7, 11) is 2.84. The topological polar surface area (TPSA) is 77.3 Å². The van der Waals surface area contributed by atoms with E-state index in [0.29, 0.717) is 5.75 Å². The molecule has 2 aromatic carbocycles. The zero-order chi connectivity index (χ0) is 20.1. The van der Waals surface area contributed by atoms with Crippen LogP contribution in [0, 0.1) is 6.92 Å². The van der Waals surface area contributed by atoms with Crippen molar-refractivity contribution < 1.29 is 18.8 Å². The standard InChI is InChI=1S/C20H26BN3O4/c1-15-6-4-5-7-17(15)21(28-20(22)25)27-16-8-9-19(26-3)18(14-16)24-12-10-23(2)11-13-24/h4-9,14H,10-13H2,1-3H3,(H2,22,25). The SMILES string of the molecule is COc1ccc(OB(OC(N)=O)c2ccccc2C)cc1N1CCN(C)CC1. The molecule has 0 saturated carbocycles. The van der Waals surface area contributed by atoms with E-state index >= 15 is 0 Å². The number of carbonyl (C=O) groups excluding carboxylic acids is 1. The fraction of sp³-hybridized carbons (Fsp3) is 0.350. The lowest BCUT2D eigenvalue weighted by Crippen LogP contribution is -2.45. The number of nitrogens with two attached hydrogens (primary N) is 1. The van der Waals surface area contributed by atoms with Crippen LogP contribution in [0.3, 0.4) is 0 Å². The van der Waals surface area contributed by atoms with Gasteiger partial charge in [0, 0.05) is 37.7 Å². The lowest BCUT2D eigenvalue weighted by molar-refractivity contribution is 0.204. The first-order valence-corrected chi connectivity index (χ1v) is 9.27. The summed E-state index contributed by atoms with van der Waals surface area (Å²) in [4.78, 5) is 16.0. The number of primary amides is 1. The van der Waals surface area contributed by atoms with Crippen LogP contribution < -0.4 is 25.5 Å². The van der Waals surface area contributed by atoms with Gasteiger partial charge in [0.15, 0.2) is 0 Å². The van der Waals surface area contributed by atoms with E-state index in [1.807, 2.05) is 43.3 Å². The second-order valence-electron chi connectivity index (χ2n) is 6.87. The number of carbonyl (C=O) groups is 1. The smallest absolute Gasteiger partial charge is 0.522 e. The van der Waals surface area contributed by atoms with Gasteiger partial charge in [0.05, 0.1) is 12.8 Å². The van der Waals surface area contributed by atoms with Crippen molar-refractivity contribution >= 4 is 24.4 Å². The lowest BCUT2D eigenvalue weighted by Gasteiger charge is -2.35. The molecular weight excluding hydrogens is 357 g/mol. The van der Waals surface area contributed by atoms with Gasteiger partial charge < -0.3 is 29.6 Å². The molecule has 0 unspecified atom stereocenters. The van der Waals surface area contributed by atoms with Crippen LogP contribution in [0.5, 0.6) is 11.5 Å². The Morgan fingerprint density at radius 3 is 2.46 bits per heavy atom. The van der Waals surface area contributed by atoms with Gasteiger partial charge in [-0.25, -0.2) is 4.79 Å². The molecule has 1 aliphatic heterocycles. The molecule has 1 aliphatic rings. The number of piperazine rings is 1. The van der Waals surface area contributed by atoms with E-state index in [1.165, 1.54) is 0 Å². The van der Waals surface area contributed by atoms with Crippen LogP contribution in [-0.4, -0.2) is 58.4 Å². The number of methoxy groups -OCH3 is 1. The molecule has 2 N–H and O–H groups in total. The molecule has 148 valence electrons. The summed E-state index contributed by atoms with van der Waals surface area (Å²) in [5.41, 5.74) is 7.91. The Balaban J connectivity index is 1.88. The molecule has 1 saturated heterocycles. The highest BCUT2D eigenvalue weighted by Gasteiger charge is 2.30. The highest BCUT2D eigenvalue weighted by Crippen LogP contribution is 2.33. The van der Waals surface area contributed by atoms with Gasteiger partial charge in [-0.15, -0.1) is 0 Å². The molecule has 0 atom stereocenters. The van der Waals surface area contributed by atoms with Gasteiger partial charge in [0.1, 0.15) is 11.5 Å². The molecular formula is C20H26BN3O4. The molecule has 7 nitrogen and oxygen atoms in total. The monoisotopic (exact) mass is 383 g/mol. The Morgan fingerprint density at radius 2 is 1.82 bits per heavy atom. The molecule has 0 bridgehead atoms. The normalized spacial score (nSPS) is 14.5. The zero-order valence-corrected chi connectivity index (χ0v) is 16.6. The molecule has 2 aromatic rings. The first-order chi connectivity index (χ1) is 13.5. The highest BCUT2D eigenvalue weighted by atomic mass is 16.6. The maximum Gasteiger partial charge on any atom is 0.636 e. The predicted molar refractivity (Wildman–Crippen MR) is 111 cm³/mol. The van der Waals surface area contributed by atoms with Crippen molar-refractivity contribution in [1.29, 1.82) is 0 Å². The van der Waals surface area contributed by atoms with Crippen molar-refractivity contribution in [3.8, 4) is 11.5 Å². The predicted octanol–water partition coefficient (Wildman–Crippen LogP) is 1.62. The number of amides is 1. The van der Waals surface area contributed by atoms with E-state index in [2.05, 4.69) is 16.8 Å². The van der Waals surface area contributed by atoms with Gasteiger partial charge in [-0.1, -0.05) is 24.3 Å². The third kappa shape index (κ3) is 4.70. The zero-order valence-electron chi connectivity index (χ0n) is 16.6.